The third-order valence-corrected chi connectivity index (χ3v) is 6.70. The third kappa shape index (κ3) is 10.5. The largest absolute Gasteiger partial charge is 0.480 e. The van der Waals surface area contributed by atoms with Crippen molar-refractivity contribution in [2.75, 3.05) is 24.0 Å². The van der Waals surface area contributed by atoms with E-state index >= 15 is 0 Å². The lowest BCUT2D eigenvalue weighted by atomic mass is 10.1. The maximum Gasteiger partial charge on any atom is 0.326 e. The second-order valence-electron chi connectivity index (χ2n) is 8.25. The number of nitrogens with two attached hydrogens (primary N) is 1. The second-order valence-corrected chi connectivity index (χ2v) is 10.2. The van der Waals surface area contributed by atoms with Gasteiger partial charge in [-0.15, -0.1) is 0 Å². The maximum absolute atomic E-state index is 13.3. The predicted octanol–water partition coefficient (Wildman–Crippen LogP) is -0.709. The van der Waals surface area contributed by atoms with Crippen LogP contribution < -0.4 is 21.7 Å². The average Bonchev–Trinajstić information content (AvgIpc) is 3.57. The van der Waals surface area contributed by atoms with Gasteiger partial charge in [0.15, 0.2) is 0 Å². The molecule has 0 aliphatic heterocycles. The number of rotatable bonds is 17. The molecule has 2 rings (SSSR count). The maximum atomic E-state index is 13.3. The molecule has 2 aromatic heterocycles. The molecule has 3 amide bonds. The first-order valence-corrected chi connectivity index (χ1v) is 14.4. The van der Waals surface area contributed by atoms with Gasteiger partial charge in [0.05, 0.1) is 18.7 Å². The Morgan fingerprint density at radius 1 is 0.838 bits per heavy atom. The number of aromatic nitrogens is 4. The fourth-order valence-corrected chi connectivity index (χ4v) is 4.32. The minimum atomic E-state index is -1.15. The first-order valence-electron chi connectivity index (χ1n) is 11.6. The standard InChI is InChI=1S/C22H34N8O5S2/c1-36-5-3-16(20(32)29-17(22(34)35)4-6-37-2)28-21(33)18(8-14-10-25-12-27-14)30-19(31)15(23)7-13-9-24-11-26-13/h9-12,15-18H,3-8,23H2,1-2H3,(H,24,26)(H,25,27)(H,28,33)(H,29,32)(H,30,31)(H,34,35). The van der Waals surface area contributed by atoms with Gasteiger partial charge in [0, 0.05) is 36.6 Å². The van der Waals surface area contributed by atoms with Gasteiger partial charge in [-0.25, -0.2) is 14.8 Å². The van der Waals surface area contributed by atoms with Crippen LogP contribution in [0.25, 0.3) is 0 Å². The lowest BCUT2D eigenvalue weighted by molar-refractivity contribution is -0.142. The fourth-order valence-electron chi connectivity index (χ4n) is 3.37. The molecule has 0 aliphatic rings. The molecule has 0 saturated carbocycles. The summed E-state index contributed by atoms with van der Waals surface area (Å²) in [5, 5.41) is 17.3. The quantitative estimate of drug-likeness (QED) is 0.131. The van der Waals surface area contributed by atoms with E-state index < -0.39 is 47.9 Å². The number of hydrogen-bond donors (Lipinski definition) is 7. The van der Waals surface area contributed by atoms with E-state index in [2.05, 4.69) is 35.9 Å². The molecule has 13 nitrogen and oxygen atoms in total. The van der Waals surface area contributed by atoms with Crippen LogP contribution >= 0.6 is 23.5 Å². The molecule has 8 N–H and O–H groups in total. The summed E-state index contributed by atoms with van der Waals surface area (Å²) >= 11 is 2.95. The summed E-state index contributed by atoms with van der Waals surface area (Å²) in [4.78, 5) is 64.3. The number of thioether (sulfide) groups is 2. The molecule has 0 aromatic carbocycles. The number of nitrogens with zero attached hydrogens (tertiary/aromatic N) is 2. The first-order chi connectivity index (χ1) is 17.7. The van der Waals surface area contributed by atoms with E-state index in [0.29, 0.717) is 22.9 Å². The Morgan fingerprint density at radius 3 is 1.84 bits per heavy atom. The number of imidazole rings is 2. The Kier molecular flexibility index (Phi) is 13.0. The van der Waals surface area contributed by atoms with Crippen LogP contribution in [0.1, 0.15) is 24.2 Å². The average molecular weight is 555 g/mol. The molecule has 4 unspecified atom stereocenters. The Morgan fingerprint density at radius 2 is 1.32 bits per heavy atom. The summed E-state index contributed by atoms with van der Waals surface area (Å²) in [6, 6.07) is -4.07. The number of carboxylic acid groups (broad SMARTS) is 1. The van der Waals surface area contributed by atoms with Crippen molar-refractivity contribution in [3.63, 3.8) is 0 Å². The molecule has 0 bridgehead atoms. The number of amides is 3. The van der Waals surface area contributed by atoms with E-state index in [4.69, 9.17) is 5.73 Å². The molecule has 37 heavy (non-hydrogen) atoms. The lowest BCUT2D eigenvalue weighted by Crippen LogP contribution is -2.58. The molecule has 204 valence electrons. The van der Waals surface area contributed by atoms with Gasteiger partial charge < -0.3 is 36.8 Å². The molecule has 4 atom stereocenters. The number of carbonyl (C=O) groups is 4. The number of aromatic amines is 2. The predicted molar refractivity (Wildman–Crippen MR) is 142 cm³/mol. The van der Waals surface area contributed by atoms with Crippen LogP contribution in [0.2, 0.25) is 0 Å². The van der Waals surface area contributed by atoms with E-state index in [-0.39, 0.29) is 25.7 Å². The molecular formula is C22H34N8O5S2. The third-order valence-electron chi connectivity index (χ3n) is 5.41. The number of carboxylic acids is 1. The molecule has 15 heteroatoms. The fraction of sp³-hybridized carbons (Fsp3) is 0.545. The number of H-pyrrole nitrogens is 2. The summed E-state index contributed by atoms with van der Waals surface area (Å²) in [5.74, 6) is -1.80. The van der Waals surface area contributed by atoms with E-state index in [1.54, 1.807) is 6.20 Å². The molecule has 2 heterocycles. The van der Waals surface area contributed by atoms with Crippen molar-refractivity contribution >= 4 is 47.2 Å². The van der Waals surface area contributed by atoms with Gasteiger partial charge in [0.2, 0.25) is 17.7 Å². The second kappa shape index (κ2) is 15.9. The molecule has 0 spiro atoms. The summed E-state index contributed by atoms with van der Waals surface area (Å²) in [6.07, 6.45) is 10.5. The number of aliphatic carboxylic acids is 1. The van der Waals surface area contributed by atoms with Crippen molar-refractivity contribution in [3.8, 4) is 0 Å². The first kappa shape index (κ1) is 30.2. The number of nitrogens with one attached hydrogen (secondary N) is 5. The van der Waals surface area contributed by atoms with Gasteiger partial charge in [-0.2, -0.15) is 23.5 Å². The van der Waals surface area contributed by atoms with Gasteiger partial charge >= 0.3 is 5.97 Å². The Hall–Kier alpha value is -3.04. The van der Waals surface area contributed by atoms with E-state index in [0.717, 1.165) is 0 Å². The summed E-state index contributed by atoms with van der Waals surface area (Å²) in [5.41, 5.74) is 7.29. The molecule has 0 saturated heterocycles. The van der Waals surface area contributed by atoms with Crippen molar-refractivity contribution in [2.24, 2.45) is 5.73 Å². The molecule has 0 aliphatic carbocycles. The van der Waals surface area contributed by atoms with Gasteiger partial charge in [-0.05, 0) is 36.9 Å². The van der Waals surface area contributed by atoms with Gasteiger partial charge in [-0.1, -0.05) is 0 Å². The number of hydrogen-bond acceptors (Lipinski definition) is 9. The van der Waals surface area contributed by atoms with Crippen molar-refractivity contribution in [1.82, 2.24) is 35.9 Å². The lowest BCUT2D eigenvalue weighted by Gasteiger charge is -2.25. The minimum absolute atomic E-state index is 0.0801. The highest BCUT2D eigenvalue weighted by Gasteiger charge is 2.30. The minimum Gasteiger partial charge on any atom is -0.480 e. The van der Waals surface area contributed by atoms with E-state index in [1.165, 1.54) is 42.4 Å². The number of carbonyl (C=O) groups excluding carboxylic acids is 3. The zero-order valence-corrected chi connectivity index (χ0v) is 22.4. The van der Waals surface area contributed by atoms with Gasteiger partial charge in [0.1, 0.15) is 18.1 Å². The molecular weight excluding hydrogens is 520 g/mol. The smallest absolute Gasteiger partial charge is 0.326 e. The van der Waals surface area contributed by atoms with E-state index in [9.17, 15) is 24.3 Å². The van der Waals surface area contributed by atoms with Gasteiger partial charge in [-0.3, -0.25) is 14.4 Å². The monoisotopic (exact) mass is 554 g/mol. The highest BCUT2D eigenvalue weighted by Crippen LogP contribution is 2.07. The van der Waals surface area contributed by atoms with Crippen molar-refractivity contribution in [3.05, 3.63) is 36.4 Å². The summed E-state index contributed by atoms with van der Waals surface area (Å²) in [7, 11) is 0. The highest BCUT2D eigenvalue weighted by atomic mass is 32.2. The van der Waals surface area contributed by atoms with Crippen LogP contribution in [0.15, 0.2) is 25.0 Å². The Balaban J connectivity index is 2.13. The topological polar surface area (TPSA) is 208 Å². The normalized spacial score (nSPS) is 14.2. The Labute approximate surface area is 223 Å². The van der Waals surface area contributed by atoms with Crippen molar-refractivity contribution in [2.45, 2.75) is 49.9 Å². The molecule has 0 radical (unpaired) electrons. The molecule has 0 fully saturated rings. The molecule has 2 aromatic rings. The van der Waals surface area contributed by atoms with Gasteiger partial charge in [0.25, 0.3) is 0 Å². The van der Waals surface area contributed by atoms with Crippen LogP contribution in [0, 0.1) is 0 Å². The zero-order valence-electron chi connectivity index (χ0n) is 20.7. The van der Waals surface area contributed by atoms with Crippen LogP contribution in [-0.2, 0) is 32.0 Å². The zero-order chi connectivity index (χ0) is 27.2. The highest BCUT2D eigenvalue weighted by molar-refractivity contribution is 7.98. The van der Waals surface area contributed by atoms with Crippen LogP contribution in [-0.4, -0.2) is 96.9 Å². The Bertz CT molecular complexity index is 989. The van der Waals surface area contributed by atoms with Crippen molar-refractivity contribution < 1.29 is 24.3 Å². The van der Waals surface area contributed by atoms with E-state index in [1.807, 2.05) is 12.5 Å². The summed E-state index contributed by atoms with van der Waals surface area (Å²) < 4.78 is 0. The van der Waals surface area contributed by atoms with Crippen LogP contribution in [0.5, 0.6) is 0 Å². The SMILES string of the molecule is CSCCC(NC(=O)C(CCSC)NC(=O)C(Cc1cnc[nH]1)NC(=O)C(N)Cc1cnc[nH]1)C(=O)O. The summed E-state index contributed by atoms with van der Waals surface area (Å²) in [6.45, 7) is 0. The van der Waals surface area contributed by atoms with Crippen LogP contribution in [0.4, 0.5) is 0 Å². The van der Waals surface area contributed by atoms with Crippen molar-refractivity contribution in [1.29, 1.82) is 0 Å². The van der Waals surface area contributed by atoms with Crippen LogP contribution in [0.3, 0.4) is 0 Å².